The number of benzene rings is 2. The third-order valence-electron chi connectivity index (χ3n) is 5.43. The van der Waals surface area contributed by atoms with Crippen LogP contribution in [-0.2, 0) is 26.0 Å². The number of hydrogen-bond acceptors (Lipinski definition) is 5. The molecule has 0 atom stereocenters. The van der Waals surface area contributed by atoms with Gasteiger partial charge in [-0.25, -0.2) is 9.67 Å². The van der Waals surface area contributed by atoms with Gasteiger partial charge in [0.05, 0.1) is 16.6 Å². The van der Waals surface area contributed by atoms with Crippen molar-refractivity contribution in [1.29, 1.82) is 0 Å². The molecule has 0 saturated carbocycles. The van der Waals surface area contributed by atoms with E-state index in [0.717, 1.165) is 24.2 Å². The lowest BCUT2D eigenvalue weighted by molar-refractivity contribution is 0.0991. The fraction of sp³-hybridized carbons (Fsp3) is 0.208. The van der Waals surface area contributed by atoms with Crippen LogP contribution in [0.2, 0.25) is 10.0 Å². The van der Waals surface area contributed by atoms with Gasteiger partial charge in [0.2, 0.25) is 5.95 Å². The summed E-state index contributed by atoms with van der Waals surface area (Å²) in [4.78, 5) is 16.6. The van der Waals surface area contributed by atoms with Gasteiger partial charge in [-0.2, -0.15) is 0 Å². The molecule has 0 fully saturated rings. The summed E-state index contributed by atoms with van der Waals surface area (Å²) in [6.07, 6.45) is 4.94. The lowest BCUT2D eigenvalue weighted by Gasteiger charge is -2.06. The Kier molecular flexibility index (Phi) is 6.07. The molecule has 0 bridgehead atoms. The van der Waals surface area contributed by atoms with Gasteiger partial charge in [0.25, 0.3) is 5.91 Å². The second-order valence-corrected chi connectivity index (χ2v) is 8.62. The van der Waals surface area contributed by atoms with E-state index in [2.05, 4.69) is 27.5 Å². The number of nitrogens with zero attached hydrogens (tertiary/aromatic N) is 3. The van der Waals surface area contributed by atoms with Crippen molar-refractivity contribution in [3.05, 3.63) is 93.1 Å². The van der Waals surface area contributed by atoms with Gasteiger partial charge in [-0.1, -0.05) is 35.3 Å². The zero-order valence-electron chi connectivity index (χ0n) is 17.6. The number of carbonyl (C=O) groups is 1. The number of furan rings is 1. The Morgan fingerprint density at radius 1 is 1.06 bits per heavy atom. The van der Waals surface area contributed by atoms with Gasteiger partial charge in [0.15, 0.2) is 5.76 Å². The molecule has 1 aliphatic rings. The molecule has 0 aliphatic heterocycles. The summed E-state index contributed by atoms with van der Waals surface area (Å²) < 4.78 is 13.1. The minimum Gasteiger partial charge on any atom is -0.486 e. The fourth-order valence-corrected chi connectivity index (χ4v) is 4.11. The maximum absolute atomic E-state index is 12.5. The summed E-state index contributed by atoms with van der Waals surface area (Å²) in [7, 11) is 0. The lowest BCUT2D eigenvalue weighted by atomic mass is 10.1. The van der Waals surface area contributed by atoms with Crippen molar-refractivity contribution in [3.63, 3.8) is 0 Å². The van der Waals surface area contributed by atoms with Crippen LogP contribution < -0.4 is 10.1 Å². The number of rotatable bonds is 7. The maximum atomic E-state index is 12.5. The first-order valence-electron chi connectivity index (χ1n) is 10.5. The highest BCUT2D eigenvalue weighted by molar-refractivity contribution is 6.42. The van der Waals surface area contributed by atoms with E-state index < -0.39 is 5.91 Å². The van der Waals surface area contributed by atoms with Crippen LogP contribution in [0.3, 0.4) is 0 Å². The van der Waals surface area contributed by atoms with Gasteiger partial charge < -0.3 is 9.15 Å². The first-order chi connectivity index (χ1) is 16.0. The molecule has 9 heteroatoms. The summed E-state index contributed by atoms with van der Waals surface area (Å²) >= 11 is 12.0. The molecular weight excluding hydrogens is 463 g/mol. The number of amides is 1. The Labute approximate surface area is 200 Å². The Bertz CT molecular complexity index is 1310. The van der Waals surface area contributed by atoms with Crippen LogP contribution in [0, 0.1) is 0 Å². The highest BCUT2D eigenvalue weighted by Gasteiger charge is 2.15. The molecule has 2 heterocycles. The van der Waals surface area contributed by atoms with Gasteiger partial charge in [-0.15, -0.1) is 5.10 Å². The summed E-state index contributed by atoms with van der Waals surface area (Å²) in [6.45, 7) is 0.674. The largest absolute Gasteiger partial charge is 0.486 e. The maximum Gasteiger partial charge on any atom is 0.293 e. The number of fused-ring (bicyclic) bond motifs is 1. The predicted octanol–water partition coefficient (Wildman–Crippen LogP) is 5.55. The van der Waals surface area contributed by atoms with Crippen LogP contribution in [0.15, 0.2) is 59.3 Å². The zero-order valence-corrected chi connectivity index (χ0v) is 19.1. The molecule has 2 aromatic carbocycles. The molecular formula is C24H20Cl2N4O3. The number of nitrogens with one attached hydrogen (secondary N) is 1. The topological polar surface area (TPSA) is 82.2 Å². The van der Waals surface area contributed by atoms with Crippen molar-refractivity contribution < 1.29 is 13.9 Å². The quantitative estimate of drug-likeness (QED) is 0.373. The highest BCUT2D eigenvalue weighted by Crippen LogP contribution is 2.27. The van der Waals surface area contributed by atoms with Crippen molar-refractivity contribution in [2.75, 3.05) is 5.32 Å². The second-order valence-electron chi connectivity index (χ2n) is 7.81. The summed E-state index contributed by atoms with van der Waals surface area (Å²) in [6, 6.07) is 14.8. The molecule has 0 radical (unpaired) electrons. The third kappa shape index (κ3) is 5.05. The average Bonchev–Trinajstić information content (AvgIpc) is 3.55. The standard InChI is InChI=1S/C24H20Cl2N4O3/c25-20-8-4-15(10-21(20)26)12-30-14-27-24(29-30)28-23(31)22-9-7-19(33-22)13-32-18-6-5-16-2-1-3-17(16)11-18/h4-11,14H,1-3,12-13H2,(H,28,29,31). The smallest absolute Gasteiger partial charge is 0.293 e. The Hall–Kier alpha value is -3.29. The number of hydrogen-bond donors (Lipinski definition) is 1. The molecule has 0 unspecified atom stereocenters. The number of aromatic nitrogens is 3. The van der Waals surface area contributed by atoms with Crippen LogP contribution in [0.1, 0.15) is 39.4 Å². The van der Waals surface area contributed by atoms with Crippen LogP contribution in [0.25, 0.3) is 0 Å². The molecule has 168 valence electrons. The zero-order chi connectivity index (χ0) is 22.8. The molecule has 7 nitrogen and oxygen atoms in total. The average molecular weight is 483 g/mol. The van der Waals surface area contributed by atoms with E-state index in [0.29, 0.717) is 22.4 Å². The minimum atomic E-state index is -0.439. The normalized spacial score (nSPS) is 12.5. The van der Waals surface area contributed by atoms with E-state index in [9.17, 15) is 4.79 Å². The van der Waals surface area contributed by atoms with Crippen molar-refractivity contribution >= 4 is 35.1 Å². The fourth-order valence-electron chi connectivity index (χ4n) is 3.79. The van der Waals surface area contributed by atoms with Gasteiger partial charge in [-0.05, 0) is 72.4 Å². The third-order valence-corrected chi connectivity index (χ3v) is 6.17. The lowest BCUT2D eigenvalue weighted by Crippen LogP contribution is -2.12. The van der Waals surface area contributed by atoms with E-state index in [1.165, 1.54) is 23.9 Å². The number of ether oxygens (including phenoxy) is 1. The summed E-state index contributed by atoms with van der Waals surface area (Å²) in [5.41, 5.74) is 3.65. The van der Waals surface area contributed by atoms with Crippen LogP contribution in [0.5, 0.6) is 5.75 Å². The second kappa shape index (κ2) is 9.29. The summed E-state index contributed by atoms with van der Waals surface area (Å²) in [5.74, 6) is 1.25. The van der Waals surface area contributed by atoms with E-state index in [4.69, 9.17) is 32.4 Å². The molecule has 1 N–H and O–H groups in total. The highest BCUT2D eigenvalue weighted by atomic mass is 35.5. The van der Waals surface area contributed by atoms with Crippen LogP contribution in [-0.4, -0.2) is 20.7 Å². The number of halogens is 2. The van der Waals surface area contributed by atoms with Gasteiger partial charge >= 0.3 is 0 Å². The predicted molar refractivity (Wildman–Crippen MR) is 125 cm³/mol. The van der Waals surface area contributed by atoms with Gasteiger partial charge in [0.1, 0.15) is 24.4 Å². The number of anilines is 1. The number of aryl methyl sites for hydroxylation is 2. The van der Waals surface area contributed by atoms with Crippen LogP contribution >= 0.6 is 23.2 Å². The molecule has 4 aromatic rings. The molecule has 5 rings (SSSR count). The van der Waals surface area contributed by atoms with E-state index in [-0.39, 0.29) is 18.3 Å². The molecule has 2 aromatic heterocycles. The SMILES string of the molecule is O=C(Nc1ncn(Cc2ccc(Cl)c(Cl)c2)n1)c1ccc(COc2ccc3c(c2)CCC3)o1. The van der Waals surface area contributed by atoms with Crippen molar-refractivity contribution in [2.24, 2.45) is 0 Å². The van der Waals surface area contributed by atoms with Crippen molar-refractivity contribution in [1.82, 2.24) is 14.8 Å². The minimum absolute atomic E-state index is 0.156. The van der Waals surface area contributed by atoms with Gasteiger partial charge in [0, 0.05) is 0 Å². The first kappa shape index (κ1) is 21.6. The first-order valence-corrected chi connectivity index (χ1v) is 11.3. The summed E-state index contributed by atoms with van der Waals surface area (Å²) in [5, 5.41) is 7.86. The Morgan fingerprint density at radius 2 is 1.94 bits per heavy atom. The van der Waals surface area contributed by atoms with Crippen LogP contribution in [0.4, 0.5) is 5.95 Å². The monoisotopic (exact) mass is 482 g/mol. The molecule has 0 spiro atoms. The molecule has 0 saturated heterocycles. The number of carbonyl (C=O) groups excluding carboxylic acids is 1. The van der Waals surface area contributed by atoms with E-state index in [1.807, 2.05) is 12.1 Å². The van der Waals surface area contributed by atoms with Gasteiger partial charge in [-0.3, -0.25) is 10.1 Å². The molecule has 1 aliphatic carbocycles. The van der Waals surface area contributed by atoms with Crippen molar-refractivity contribution in [2.45, 2.75) is 32.4 Å². The Morgan fingerprint density at radius 3 is 2.82 bits per heavy atom. The Balaban J connectivity index is 1.17. The molecule has 1 amide bonds. The van der Waals surface area contributed by atoms with E-state index in [1.54, 1.807) is 28.9 Å². The molecule has 33 heavy (non-hydrogen) atoms. The van der Waals surface area contributed by atoms with Crippen molar-refractivity contribution in [3.8, 4) is 5.75 Å². The van der Waals surface area contributed by atoms with E-state index >= 15 is 0 Å².